The predicted molar refractivity (Wildman–Crippen MR) is 76.5 cm³/mol. The maximum atomic E-state index is 6.27. The van der Waals surface area contributed by atoms with Crippen LogP contribution in [0.2, 0.25) is 10.0 Å². The van der Waals surface area contributed by atoms with Crippen LogP contribution in [0.15, 0.2) is 24.5 Å². The molecule has 0 saturated heterocycles. The minimum absolute atomic E-state index is 0.698. The molecule has 0 saturated carbocycles. The molecule has 3 aromatic rings. The van der Waals surface area contributed by atoms with Crippen LogP contribution < -0.4 is 0 Å². The van der Waals surface area contributed by atoms with E-state index in [9.17, 15) is 0 Å². The molecule has 0 aliphatic rings. The molecule has 0 amide bonds. The quantitative estimate of drug-likeness (QED) is 0.556. The Balaban J connectivity index is 2.72. The molecular weight excluding hydrogens is 267 g/mol. The molecule has 0 N–H and O–H groups in total. The summed E-state index contributed by atoms with van der Waals surface area (Å²) in [6, 6.07) is 3.60. The van der Waals surface area contributed by atoms with Crippen LogP contribution in [0.5, 0.6) is 0 Å². The van der Waals surface area contributed by atoms with Crippen LogP contribution in [0, 0.1) is 13.8 Å². The Morgan fingerprint density at radius 2 is 1.17 bits per heavy atom. The summed E-state index contributed by atoms with van der Waals surface area (Å²) in [5, 5.41) is 3.31. The largest absolute Gasteiger partial charge is 0.254 e. The van der Waals surface area contributed by atoms with E-state index in [0.717, 1.165) is 32.9 Å². The lowest BCUT2D eigenvalue weighted by atomic mass is 9.99. The first-order valence-electron chi connectivity index (χ1n) is 5.59. The van der Waals surface area contributed by atoms with Gasteiger partial charge in [-0.15, -0.1) is 0 Å². The van der Waals surface area contributed by atoms with Crippen molar-refractivity contribution in [3.8, 4) is 0 Å². The Morgan fingerprint density at radius 1 is 0.778 bits per heavy atom. The molecule has 0 atom stereocenters. The van der Waals surface area contributed by atoms with Gasteiger partial charge in [0.25, 0.3) is 0 Å². The highest BCUT2D eigenvalue weighted by Gasteiger charge is 2.14. The zero-order valence-electron chi connectivity index (χ0n) is 9.96. The van der Waals surface area contributed by atoms with E-state index < -0.39 is 0 Å². The van der Waals surface area contributed by atoms with Crippen molar-refractivity contribution in [3.05, 3.63) is 45.7 Å². The maximum absolute atomic E-state index is 6.27. The van der Waals surface area contributed by atoms with Gasteiger partial charge in [0.2, 0.25) is 0 Å². The summed E-state index contributed by atoms with van der Waals surface area (Å²) in [5.41, 5.74) is 3.82. The topological polar surface area (TPSA) is 25.8 Å². The Bertz CT molecular complexity index is 715. The summed E-state index contributed by atoms with van der Waals surface area (Å²) in [7, 11) is 0. The number of hydrogen-bond acceptors (Lipinski definition) is 2. The van der Waals surface area contributed by atoms with E-state index in [1.807, 2.05) is 13.8 Å². The van der Waals surface area contributed by atoms with Crippen molar-refractivity contribution in [2.75, 3.05) is 0 Å². The van der Waals surface area contributed by atoms with E-state index in [4.69, 9.17) is 23.2 Å². The van der Waals surface area contributed by atoms with Crippen molar-refractivity contribution in [2.24, 2.45) is 0 Å². The van der Waals surface area contributed by atoms with Crippen molar-refractivity contribution in [2.45, 2.75) is 13.8 Å². The second-order valence-electron chi connectivity index (χ2n) is 4.28. The second kappa shape index (κ2) is 4.08. The third-order valence-electron chi connectivity index (χ3n) is 3.34. The van der Waals surface area contributed by atoms with Gasteiger partial charge < -0.3 is 0 Å². The lowest BCUT2D eigenvalue weighted by molar-refractivity contribution is 1.33. The average molecular weight is 277 g/mol. The number of aryl methyl sites for hydroxylation is 2. The number of nitrogens with zero attached hydrogens (tertiary/aromatic N) is 2. The molecule has 2 aromatic heterocycles. The van der Waals surface area contributed by atoms with Gasteiger partial charge in [-0.25, -0.2) is 0 Å². The van der Waals surface area contributed by atoms with Gasteiger partial charge in [0.15, 0.2) is 0 Å². The molecule has 18 heavy (non-hydrogen) atoms. The van der Waals surface area contributed by atoms with Gasteiger partial charge >= 0.3 is 0 Å². The first-order chi connectivity index (χ1) is 8.61. The molecule has 2 heterocycles. The van der Waals surface area contributed by atoms with Crippen LogP contribution in [0.25, 0.3) is 21.8 Å². The minimum atomic E-state index is 0.698. The molecule has 4 heteroatoms. The summed E-state index contributed by atoms with van der Waals surface area (Å²) < 4.78 is 0. The zero-order chi connectivity index (χ0) is 12.9. The highest BCUT2D eigenvalue weighted by molar-refractivity contribution is 6.38. The van der Waals surface area contributed by atoms with E-state index in [2.05, 4.69) is 9.97 Å². The standard InChI is InChI=1S/C14H10Cl2N2/c1-7-8(2)12-10(16)4-6-18-14(12)13-11(7)9(15)3-5-17-13/h3-6H,1-2H3. The van der Waals surface area contributed by atoms with Gasteiger partial charge in [-0.1, -0.05) is 23.2 Å². The number of aromatic nitrogens is 2. The van der Waals surface area contributed by atoms with Crippen LogP contribution in [-0.4, -0.2) is 9.97 Å². The summed E-state index contributed by atoms with van der Waals surface area (Å²) in [5.74, 6) is 0. The van der Waals surface area contributed by atoms with Crippen molar-refractivity contribution in [1.29, 1.82) is 0 Å². The molecule has 3 rings (SSSR count). The third-order valence-corrected chi connectivity index (χ3v) is 3.97. The first kappa shape index (κ1) is 11.7. The van der Waals surface area contributed by atoms with Gasteiger partial charge in [-0.2, -0.15) is 0 Å². The monoisotopic (exact) mass is 276 g/mol. The van der Waals surface area contributed by atoms with Gasteiger partial charge in [-0.3, -0.25) is 9.97 Å². The second-order valence-corrected chi connectivity index (χ2v) is 5.10. The molecule has 0 bridgehead atoms. The molecule has 90 valence electrons. The third kappa shape index (κ3) is 1.49. The van der Waals surface area contributed by atoms with E-state index in [0.29, 0.717) is 10.0 Å². The Morgan fingerprint density at radius 3 is 1.56 bits per heavy atom. The van der Waals surface area contributed by atoms with Crippen molar-refractivity contribution in [1.82, 2.24) is 9.97 Å². The van der Waals surface area contributed by atoms with Gasteiger partial charge in [0.05, 0.1) is 21.1 Å². The lowest BCUT2D eigenvalue weighted by Gasteiger charge is -2.12. The number of rotatable bonds is 0. The number of hydrogen-bond donors (Lipinski definition) is 0. The van der Waals surface area contributed by atoms with Crippen LogP contribution in [0.1, 0.15) is 11.1 Å². The SMILES string of the molecule is Cc1c(C)c2c(Cl)ccnc2c2nccc(Cl)c12. The van der Waals surface area contributed by atoms with Crippen LogP contribution in [-0.2, 0) is 0 Å². The smallest absolute Gasteiger partial charge is 0.0982 e. The highest BCUT2D eigenvalue weighted by Crippen LogP contribution is 2.36. The Hall–Kier alpha value is -1.38. The number of pyridine rings is 2. The van der Waals surface area contributed by atoms with Gasteiger partial charge in [-0.05, 0) is 37.1 Å². The normalized spacial score (nSPS) is 11.3. The molecule has 0 unspecified atom stereocenters. The van der Waals surface area contributed by atoms with Crippen molar-refractivity contribution in [3.63, 3.8) is 0 Å². The summed E-state index contributed by atoms with van der Waals surface area (Å²) >= 11 is 12.5. The Labute approximate surface area is 115 Å². The van der Waals surface area contributed by atoms with Crippen molar-refractivity contribution < 1.29 is 0 Å². The fourth-order valence-corrected chi connectivity index (χ4v) is 2.90. The van der Waals surface area contributed by atoms with E-state index in [1.165, 1.54) is 0 Å². The molecule has 1 aromatic carbocycles. The molecule has 0 spiro atoms. The van der Waals surface area contributed by atoms with Crippen LogP contribution >= 0.6 is 23.2 Å². The maximum Gasteiger partial charge on any atom is 0.0982 e. The fourth-order valence-electron chi connectivity index (χ4n) is 2.32. The molecule has 2 nitrogen and oxygen atoms in total. The summed E-state index contributed by atoms with van der Waals surface area (Å²) in [6.45, 7) is 4.07. The van der Waals surface area contributed by atoms with Crippen molar-refractivity contribution >= 4 is 45.0 Å². The van der Waals surface area contributed by atoms with Crippen LogP contribution in [0.4, 0.5) is 0 Å². The number of fused-ring (bicyclic) bond motifs is 3. The minimum Gasteiger partial charge on any atom is -0.254 e. The summed E-state index contributed by atoms with van der Waals surface area (Å²) in [4.78, 5) is 8.82. The highest BCUT2D eigenvalue weighted by atomic mass is 35.5. The number of benzene rings is 1. The molecular formula is C14H10Cl2N2. The van der Waals surface area contributed by atoms with E-state index in [-0.39, 0.29) is 0 Å². The fraction of sp³-hybridized carbons (Fsp3) is 0.143. The van der Waals surface area contributed by atoms with Crippen LogP contribution in [0.3, 0.4) is 0 Å². The van der Waals surface area contributed by atoms with E-state index >= 15 is 0 Å². The predicted octanol–water partition coefficient (Wildman–Crippen LogP) is 4.71. The van der Waals surface area contributed by atoms with Gasteiger partial charge in [0.1, 0.15) is 0 Å². The Kier molecular flexibility index (Phi) is 2.65. The lowest BCUT2D eigenvalue weighted by Crippen LogP contribution is -1.93. The first-order valence-corrected chi connectivity index (χ1v) is 6.34. The van der Waals surface area contributed by atoms with Gasteiger partial charge in [0, 0.05) is 23.2 Å². The molecule has 0 radical (unpaired) electrons. The molecule has 0 aliphatic heterocycles. The molecule has 0 fully saturated rings. The summed E-state index contributed by atoms with van der Waals surface area (Å²) in [6.07, 6.45) is 3.39. The average Bonchev–Trinajstić information content (AvgIpc) is 2.35. The van der Waals surface area contributed by atoms with E-state index in [1.54, 1.807) is 24.5 Å². The zero-order valence-corrected chi connectivity index (χ0v) is 11.5. The number of halogens is 2. The molecule has 0 aliphatic carbocycles.